The molecule has 3 aromatic carbocycles. The van der Waals surface area contributed by atoms with Gasteiger partial charge in [-0.05, 0) is 23.3 Å². The quantitative estimate of drug-likeness (QED) is 0.686. The van der Waals surface area contributed by atoms with Gasteiger partial charge in [0.05, 0.1) is 6.61 Å². The van der Waals surface area contributed by atoms with Gasteiger partial charge in [0, 0.05) is 17.7 Å². The van der Waals surface area contributed by atoms with Crippen molar-refractivity contribution >= 4 is 5.91 Å². The Balaban J connectivity index is 1.76. The predicted octanol–water partition coefficient (Wildman–Crippen LogP) is 3.65. The number of carbonyl (C=O) groups is 1. The molecule has 4 heteroatoms. The first-order valence-corrected chi connectivity index (χ1v) is 8.54. The van der Waals surface area contributed by atoms with Crippen LogP contribution in [0.3, 0.4) is 0 Å². The number of carbonyl (C=O) groups excluding carboxylic acids is 1. The van der Waals surface area contributed by atoms with Gasteiger partial charge in [-0.25, -0.2) is 0 Å². The molecule has 0 bridgehead atoms. The van der Waals surface area contributed by atoms with E-state index in [-0.39, 0.29) is 19.1 Å². The topological polar surface area (TPSA) is 58.6 Å². The summed E-state index contributed by atoms with van der Waals surface area (Å²) in [5.74, 6) is 0.527. The van der Waals surface area contributed by atoms with Gasteiger partial charge < -0.3 is 15.2 Å². The minimum Gasteiger partial charge on any atom is -0.491 e. The largest absolute Gasteiger partial charge is 0.491 e. The summed E-state index contributed by atoms with van der Waals surface area (Å²) in [4.78, 5) is 12.7. The normalized spacial score (nSPS) is 10.3. The molecule has 1 amide bonds. The van der Waals surface area contributed by atoms with Crippen LogP contribution >= 0.6 is 0 Å². The Labute approximate surface area is 153 Å². The Morgan fingerprint density at radius 1 is 0.885 bits per heavy atom. The average Bonchev–Trinajstić information content (AvgIpc) is 2.71. The summed E-state index contributed by atoms with van der Waals surface area (Å²) in [5, 5.41) is 11.9. The van der Waals surface area contributed by atoms with Crippen molar-refractivity contribution in [1.29, 1.82) is 0 Å². The maximum Gasteiger partial charge on any atom is 0.252 e. The molecule has 0 saturated carbocycles. The average molecular weight is 347 g/mol. The highest BCUT2D eigenvalue weighted by molar-refractivity contribution is 6.00. The highest BCUT2D eigenvalue weighted by atomic mass is 16.5. The van der Waals surface area contributed by atoms with Gasteiger partial charge in [0.15, 0.2) is 0 Å². The van der Waals surface area contributed by atoms with Crippen molar-refractivity contribution in [2.45, 2.75) is 6.54 Å². The van der Waals surface area contributed by atoms with Gasteiger partial charge in [-0.15, -0.1) is 0 Å². The molecule has 0 aliphatic rings. The van der Waals surface area contributed by atoms with Gasteiger partial charge in [0.2, 0.25) is 0 Å². The van der Waals surface area contributed by atoms with Crippen LogP contribution in [0.4, 0.5) is 0 Å². The summed E-state index contributed by atoms with van der Waals surface area (Å²) in [6, 6.07) is 24.9. The molecule has 0 aromatic heterocycles. The zero-order valence-corrected chi connectivity index (χ0v) is 14.4. The summed E-state index contributed by atoms with van der Waals surface area (Å²) >= 11 is 0. The van der Waals surface area contributed by atoms with Crippen molar-refractivity contribution in [3.63, 3.8) is 0 Å². The van der Waals surface area contributed by atoms with E-state index in [1.807, 2.05) is 78.9 Å². The summed E-state index contributed by atoms with van der Waals surface area (Å²) < 4.78 is 5.52. The maximum atomic E-state index is 12.7. The van der Waals surface area contributed by atoms with Gasteiger partial charge in [0.25, 0.3) is 5.91 Å². The molecule has 2 N–H and O–H groups in total. The number of aliphatic hydroxyl groups excluding tert-OH is 1. The van der Waals surface area contributed by atoms with E-state index in [1.165, 1.54) is 0 Å². The first-order chi connectivity index (χ1) is 12.8. The van der Waals surface area contributed by atoms with E-state index in [9.17, 15) is 4.79 Å². The van der Waals surface area contributed by atoms with Crippen molar-refractivity contribution < 1.29 is 14.6 Å². The lowest BCUT2D eigenvalue weighted by atomic mass is 9.99. The number of hydrogen-bond acceptors (Lipinski definition) is 3. The van der Waals surface area contributed by atoms with Crippen molar-refractivity contribution in [1.82, 2.24) is 5.32 Å². The second kappa shape index (κ2) is 8.83. The molecule has 0 spiro atoms. The van der Waals surface area contributed by atoms with E-state index in [1.54, 1.807) is 0 Å². The monoisotopic (exact) mass is 347 g/mol. The highest BCUT2D eigenvalue weighted by Crippen LogP contribution is 2.24. The molecule has 0 heterocycles. The molecule has 0 aliphatic heterocycles. The van der Waals surface area contributed by atoms with E-state index < -0.39 is 0 Å². The first kappa shape index (κ1) is 17.7. The number of aliphatic hydroxyl groups is 1. The second-order valence-corrected chi connectivity index (χ2v) is 5.77. The second-order valence-electron chi connectivity index (χ2n) is 5.77. The van der Waals surface area contributed by atoms with Crippen molar-refractivity contribution in [2.75, 3.05) is 13.2 Å². The van der Waals surface area contributed by atoms with E-state index >= 15 is 0 Å². The third kappa shape index (κ3) is 4.29. The first-order valence-electron chi connectivity index (χ1n) is 8.54. The summed E-state index contributed by atoms with van der Waals surface area (Å²) in [6.45, 7) is 0.524. The number of rotatable bonds is 7. The van der Waals surface area contributed by atoms with Crippen LogP contribution in [0.15, 0.2) is 78.9 Å². The lowest BCUT2D eigenvalue weighted by Gasteiger charge is -2.13. The van der Waals surface area contributed by atoms with E-state index in [2.05, 4.69) is 5.32 Å². The molecule has 0 fully saturated rings. The number of nitrogens with one attached hydrogen (secondary N) is 1. The van der Waals surface area contributed by atoms with Crippen LogP contribution in [-0.2, 0) is 6.54 Å². The van der Waals surface area contributed by atoms with Gasteiger partial charge in [-0.2, -0.15) is 0 Å². The molecular formula is C22H21NO3. The van der Waals surface area contributed by atoms with Crippen molar-refractivity contribution in [2.24, 2.45) is 0 Å². The third-order valence-electron chi connectivity index (χ3n) is 4.02. The lowest BCUT2D eigenvalue weighted by molar-refractivity contribution is 0.0951. The predicted molar refractivity (Wildman–Crippen MR) is 102 cm³/mol. The van der Waals surface area contributed by atoms with Crippen molar-refractivity contribution in [3.8, 4) is 16.9 Å². The summed E-state index contributed by atoms with van der Waals surface area (Å²) in [7, 11) is 0. The molecular weight excluding hydrogens is 326 g/mol. The number of hydrogen-bond donors (Lipinski definition) is 2. The highest BCUT2D eigenvalue weighted by Gasteiger charge is 2.13. The number of para-hydroxylation sites is 1. The molecule has 132 valence electrons. The van der Waals surface area contributed by atoms with E-state index in [4.69, 9.17) is 9.84 Å². The van der Waals surface area contributed by atoms with Crippen LogP contribution in [0.2, 0.25) is 0 Å². The number of benzene rings is 3. The Morgan fingerprint density at radius 2 is 1.58 bits per heavy atom. The SMILES string of the molecule is O=C(NCc1ccccc1OCCO)c1ccccc1-c1ccccc1. The molecule has 3 rings (SSSR count). The standard InChI is InChI=1S/C22H21NO3/c24-14-15-26-21-13-7-4-10-18(21)16-23-22(25)20-12-6-5-11-19(20)17-8-2-1-3-9-17/h1-13,24H,14-16H2,(H,23,25). The van der Waals surface area contributed by atoms with E-state index in [0.29, 0.717) is 17.9 Å². The molecule has 26 heavy (non-hydrogen) atoms. The van der Waals surface area contributed by atoms with Crippen LogP contribution in [-0.4, -0.2) is 24.2 Å². The Morgan fingerprint density at radius 3 is 2.38 bits per heavy atom. The lowest BCUT2D eigenvalue weighted by Crippen LogP contribution is -2.23. The fourth-order valence-corrected chi connectivity index (χ4v) is 2.77. The van der Waals surface area contributed by atoms with E-state index in [0.717, 1.165) is 16.7 Å². The van der Waals surface area contributed by atoms with Crippen LogP contribution in [0, 0.1) is 0 Å². The van der Waals surface area contributed by atoms with Crippen molar-refractivity contribution in [3.05, 3.63) is 90.0 Å². The van der Waals surface area contributed by atoms with Crippen LogP contribution < -0.4 is 10.1 Å². The maximum absolute atomic E-state index is 12.7. The fraction of sp³-hybridized carbons (Fsp3) is 0.136. The van der Waals surface area contributed by atoms with Gasteiger partial charge >= 0.3 is 0 Å². The summed E-state index contributed by atoms with van der Waals surface area (Å²) in [5.41, 5.74) is 3.40. The molecule has 0 saturated heterocycles. The molecule has 0 unspecified atom stereocenters. The number of amides is 1. The smallest absolute Gasteiger partial charge is 0.252 e. The Kier molecular flexibility index (Phi) is 6.01. The minimum absolute atomic E-state index is 0.0505. The van der Waals surface area contributed by atoms with Crippen LogP contribution in [0.1, 0.15) is 15.9 Å². The zero-order valence-electron chi connectivity index (χ0n) is 14.4. The minimum atomic E-state index is -0.138. The molecule has 3 aromatic rings. The van der Waals surface area contributed by atoms with Crippen LogP contribution in [0.5, 0.6) is 5.75 Å². The van der Waals surface area contributed by atoms with Gasteiger partial charge in [-0.3, -0.25) is 4.79 Å². The molecule has 4 nitrogen and oxygen atoms in total. The number of ether oxygens (including phenoxy) is 1. The zero-order chi connectivity index (χ0) is 18.2. The Bertz CT molecular complexity index is 862. The van der Waals surface area contributed by atoms with Gasteiger partial charge in [0.1, 0.15) is 12.4 Å². The third-order valence-corrected chi connectivity index (χ3v) is 4.02. The Hall–Kier alpha value is -3.11. The molecule has 0 radical (unpaired) electrons. The van der Waals surface area contributed by atoms with Gasteiger partial charge in [-0.1, -0.05) is 66.7 Å². The molecule has 0 atom stereocenters. The summed E-state index contributed by atoms with van der Waals surface area (Å²) in [6.07, 6.45) is 0. The fourth-order valence-electron chi connectivity index (χ4n) is 2.77. The van der Waals surface area contributed by atoms with Crippen LogP contribution in [0.25, 0.3) is 11.1 Å². The molecule has 0 aliphatic carbocycles.